The molecule has 6 rings (SSSR count). The van der Waals surface area contributed by atoms with Crippen molar-refractivity contribution in [3.8, 4) is 5.75 Å². The molecule has 0 radical (unpaired) electrons. The van der Waals surface area contributed by atoms with Gasteiger partial charge < -0.3 is 10.1 Å². The number of hydrogen-bond donors (Lipinski definition) is 1. The lowest BCUT2D eigenvalue weighted by atomic mass is 9.63. The fourth-order valence-electron chi connectivity index (χ4n) is 5.26. The fourth-order valence-corrected chi connectivity index (χ4v) is 5.26. The van der Waals surface area contributed by atoms with Crippen molar-refractivity contribution in [2.24, 2.45) is 35.5 Å². The van der Waals surface area contributed by atoms with Gasteiger partial charge in [-0.25, -0.2) is 0 Å². The minimum atomic E-state index is -4.80. The molecule has 1 saturated heterocycles. The summed E-state index contributed by atoms with van der Waals surface area (Å²) in [5.74, 6) is -1.20. The number of hydrogen-bond acceptors (Lipinski definition) is 4. The zero-order valence-electron chi connectivity index (χ0n) is 15.1. The molecule has 9 heteroatoms. The van der Waals surface area contributed by atoms with Gasteiger partial charge >= 0.3 is 6.36 Å². The number of likely N-dealkylation sites (tertiary alicyclic amines) is 1. The summed E-state index contributed by atoms with van der Waals surface area (Å²) in [6.07, 6.45) is 0.371. The van der Waals surface area contributed by atoms with Crippen molar-refractivity contribution in [3.05, 3.63) is 36.4 Å². The number of carbonyl (C=O) groups excluding carboxylic acids is 3. The molecule has 3 amide bonds. The monoisotopic (exact) mass is 406 g/mol. The van der Waals surface area contributed by atoms with E-state index in [1.165, 1.54) is 12.1 Å². The van der Waals surface area contributed by atoms with Crippen LogP contribution >= 0.6 is 0 Å². The van der Waals surface area contributed by atoms with Crippen molar-refractivity contribution in [2.45, 2.75) is 12.8 Å². The molecule has 6 atom stereocenters. The van der Waals surface area contributed by atoms with Crippen molar-refractivity contribution in [1.82, 2.24) is 4.90 Å². The highest BCUT2D eigenvalue weighted by atomic mass is 19.4. The maximum atomic E-state index is 12.8. The number of nitrogens with zero attached hydrogens (tertiary/aromatic N) is 1. The third kappa shape index (κ3) is 2.99. The lowest BCUT2D eigenvalue weighted by Gasteiger charge is -2.37. The second-order valence-corrected chi connectivity index (χ2v) is 8.04. The van der Waals surface area contributed by atoms with Gasteiger partial charge in [0.25, 0.3) is 0 Å². The van der Waals surface area contributed by atoms with E-state index in [1.54, 1.807) is 0 Å². The first kappa shape index (κ1) is 18.2. The van der Waals surface area contributed by atoms with Crippen molar-refractivity contribution < 1.29 is 32.3 Å². The van der Waals surface area contributed by atoms with Gasteiger partial charge in [-0.3, -0.25) is 19.3 Å². The second kappa shape index (κ2) is 6.08. The molecule has 0 spiro atoms. The van der Waals surface area contributed by atoms with Crippen LogP contribution < -0.4 is 10.1 Å². The highest BCUT2D eigenvalue weighted by Crippen LogP contribution is 2.65. The van der Waals surface area contributed by atoms with Crippen LogP contribution in [0.15, 0.2) is 36.4 Å². The Morgan fingerprint density at radius 1 is 1.03 bits per heavy atom. The van der Waals surface area contributed by atoms with Gasteiger partial charge in [0.1, 0.15) is 12.3 Å². The molecular weight excluding hydrogens is 389 g/mol. The van der Waals surface area contributed by atoms with E-state index in [0.717, 1.165) is 23.5 Å². The van der Waals surface area contributed by atoms with E-state index in [2.05, 4.69) is 22.2 Å². The standard InChI is InChI=1S/C20H17F3N2O4/c21-20(22,23)29-10-3-1-9(2-4-10)24-15(26)8-25-18(27)16-11-5-6-12(14-7-13(11)14)17(16)19(25)28/h1-6,11-14,16-17H,7-8H2,(H,24,26)/t11-,12-,13-,14-,16-,17+/m1/s1. The number of ether oxygens (including phenoxy) is 1. The molecule has 4 aliphatic carbocycles. The first-order valence-corrected chi connectivity index (χ1v) is 9.42. The summed E-state index contributed by atoms with van der Waals surface area (Å²) >= 11 is 0. The van der Waals surface area contributed by atoms with Crippen LogP contribution in [0.1, 0.15) is 6.42 Å². The van der Waals surface area contributed by atoms with E-state index in [9.17, 15) is 27.6 Å². The van der Waals surface area contributed by atoms with Crippen LogP contribution in [0.2, 0.25) is 0 Å². The van der Waals surface area contributed by atoms with Crippen molar-refractivity contribution in [3.63, 3.8) is 0 Å². The van der Waals surface area contributed by atoms with Crippen LogP contribution in [-0.2, 0) is 14.4 Å². The van der Waals surface area contributed by atoms with Gasteiger partial charge in [-0.05, 0) is 54.4 Å². The molecule has 1 aromatic carbocycles. The SMILES string of the molecule is O=C(CN1C(=O)[C@@H]2[C@@H]3C=C[C@H]([C@H]4C[C@H]34)[C@@H]2C1=O)Nc1ccc(OC(F)(F)F)cc1. The zero-order chi connectivity index (χ0) is 20.5. The van der Waals surface area contributed by atoms with Gasteiger partial charge in [-0.1, -0.05) is 12.2 Å². The molecule has 3 fully saturated rings. The number of alkyl halides is 3. The van der Waals surface area contributed by atoms with Gasteiger partial charge in [0, 0.05) is 5.69 Å². The summed E-state index contributed by atoms with van der Waals surface area (Å²) in [5, 5.41) is 2.50. The van der Waals surface area contributed by atoms with Gasteiger partial charge in [0.05, 0.1) is 11.8 Å². The Bertz CT molecular complexity index is 891. The van der Waals surface area contributed by atoms with Crippen LogP contribution in [0.4, 0.5) is 18.9 Å². The number of imide groups is 1. The first-order valence-electron chi connectivity index (χ1n) is 9.42. The lowest BCUT2D eigenvalue weighted by molar-refractivity contribution is -0.274. The number of anilines is 1. The second-order valence-electron chi connectivity index (χ2n) is 8.04. The maximum Gasteiger partial charge on any atom is 0.573 e. The number of allylic oxidation sites excluding steroid dienone is 2. The Hall–Kier alpha value is -2.84. The smallest absolute Gasteiger partial charge is 0.406 e. The Morgan fingerprint density at radius 3 is 2.10 bits per heavy atom. The Balaban J connectivity index is 1.24. The molecule has 1 N–H and O–H groups in total. The number of amides is 3. The summed E-state index contributed by atoms with van der Waals surface area (Å²) in [4.78, 5) is 39.1. The Kier molecular flexibility index (Phi) is 3.81. The predicted octanol–water partition coefficient (Wildman–Crippen LogP) is 2.58. The summed E-state index contributed by atoms with van der Waals surface area (Å²) in [5.41, 5.74) is 0.240. The molecule has 152 valence electrons. The van der Waals surface area contributed by atoms with Crippen molar-refractivity contribution in [2.75, 3.05) is 11.9 Å². The average Bonchev–Trinajstić information content (AvgIpc) is 3.43. The fraction of sp³-hybridized carbons (Fsp3) is 0.450. The topological polar surface area (TPSA) is 75.7 Å². The number of benzene rings is 1. The molecule has 5 aliphatic rings. The minimum Gasteiger partial charge on any atom is -0.406 e. The van der Waals surface area contributed by atoms with Gasteiger partial charge in [-0.2, -0.15) is 0 Å². The molecule has 1 heterocycles. The van der Waals surface area contributed by atoms with E-state index in [1.807, 2.05) is 0 Å². The summed E-state index contributed by atoms with van der Waals surface area (Å²) in [7, 11) is 0. The van der Waals surface area contributed by atoms with Gasteiger partial charge in [0.15, 0.2) is 0 Å². The van der Waals surface area contributed by atoms with Crippen LogP contribution in [0, 0.1) is 35.5 Å². The largest absolute Gasteiger partial charge is 0.573 e. The highest BCUT2D eigenvalue weighted by Gasteiger charge is 2.67. The summed E-state index contributed by atoms with van der Waals surface area (Å²) in [6, 6.07) is 4.65. The van der Waals surface area contributed by atoms with Gasteiger partial charge in [-0.15, -0.1) is 13.2 Å². The third-order valence-corrected chi connectivity index (χ3v) is 6.43. The van der Waals surface area contributed by atoms with E-state index >= 15 is 0 Å². The van der Waals surface area contributed by atoms with Crippen molar-refractivity contribution in [1.29, 1.82) is 0 Å². The minimum absolute atomic E-state index is 0.0840. The molecular formula is C20H17F3N2O4. The predicted molar refractivity (Wildman–Crippen MR) is 93.2 cm³/mol. The highest BCUT2D eigenvalue weighted by molar-refractivity contribution is 6.09. The molecule has 29 heavy (non-hydrogen) atoms. The molecule has 0 aromatic heterocycles. The van der Waals surface area contributed by atoms with E-state index in [-0.39, 0.29) is 41.2 Å². The van der Waals surface area contributed by atoms with Gasteiger partial charge in [0.2, 0.25) is 17.7 Å². The number of carbonyl (C=O) groups is 3. The maximum absolute atomic E-state index is 12.8. The van der Waals surface area contributed by atoms with Crippen LogP contribution in [-0.4, -0.2) is 35.5 Å². The summed E-state index contributed by atoms with van der Waals surface area (Å²) < 4.78 is 40.4. The van der Waals surface area contributed by atoms with E-state index < -0.39 is 24.6 Å². The average molecular weight is 406 g/mol. The molecule has 2 bridgehead atoms. The van der Waals surface area contributed by atoms with E-state index in [4.69, 9.17) is 0 Å². The molecule has 0 unspecified atom stereocenters. The third-order valence-electron chi connectivity index (χ3n) is 6.43. The number of nitrogens with one attached hydrogen (secondary N) is 1. The molecule has 6 nitrogen and oxygen atoms in total. The van der Waals surface area contributed by atoms with Crippen LogP contribution in [0.3, 0.4) is 0 Å². The zero-order valence-corrected chi connectivity index (χ0v) is 15.1. The number of halogens is 3. The Labute approximate surface area is 163 Å². The van der Waals surface area contributed by atoms with E-state index in [0.29, 0.717) is 11.8 Å². The summed E-state index contributed by atoms with van der Waals surface area (Å²) in [6.45, 7) is -0.403. The quantitative estimate of drug-likeness (QED) is 0.616. The van der Waals surface area contributed by atoms with Crippen molar-refractivity contribution >= 4 is 23.4 Å². The number of rotatable bonds is 4. The van der Waals surface area contributed by atoms with Crippen LogP contribution in [0.5, 0.6) is 5.75 Å². The Morgan fingerprint density at radius 2 is 1.59 bits per heavy atom. The first-order chi connectivity index (χ1) is 13.7. The van der Waals surface area contributed by atoms with Crippen LogP contribution in [0.25, 0.3) is 0 Å². The molecule has 1 aliphatic heterocycles. The molecule has 1 aromatic rings. The lowest BCUT2D eigenvalue weighted by Crippen LogP contribution is -2.40. The molecule has 2 saturated carbocycles. The normalized spacial score (nSPS) is 34.1.